The van der Waals surface area contributed by atoms with Crippen LogP contribution in [0.2, 0.25) is 0 Å². The first-order valence-corrected chi connectivity index (χ1v) is 6.52. The first-order valence-electron chi connectivity index (χ1n) is 6.52. The molecule has 1 nitrogen and oxygen atoms in total. The lowest BCUT2D eigenvalue weighted by atomic mass is 9.91. The molecule has 0 saturated heterocycles. The summed E-state index contributed by atoms with van der Waals surface area (Å²) >= 11 is 0. The Morgan fingerprint density at radius 1 is 1.18 bits per heavy atom. The Balaban J connectivity index is 2.80. The molecule has 0 aromatic heterocycles. The normalized spacial score (nSPS) is 12.8. The van der Waals surface area contributed by atoms with Crippen molar-refractivity contribution in [2.75, 3.05) is 0 Å². The van der Waals surface area contributed by atoms with Crippen LogP contribution in [0, 0.1) is 0 Å². The Morgan fingerprint density at radius 2 is 1.82 bits per heavy atom. The first kappa shape index (κ1) is 14.0. The zero-order chi connectivity index (χ0) is 12.7. The van der Waals surface area contributed by atoms with Crippen LogP contribution in [0.4, 0.5) is 0 Å². The summed E-state index contributed by atoms with van der Waals surface area (Å²) in [5.74, 6) is 0. The highest BCUT2D eigenvalue weighted by Gasteiger charge is 2.18. The highest BCUT2D eigenvalue weighted by atomic mass is 16.3. The predicted octanol–water partition coefficient (Wildman–Crippen LogP) is 4.42. The summed E-state index contributed by atoms with van der Waals surface area (Å²) in [5, 5.41) is 10.2. The van der Waals surface area contributed by atoms with E-state index in [4.69, 9.17) is 0 Å². The highest BCUT2D eigenvalue weighted by Crippen LogP contribution is 2.24. The van der Waals surface area contributed by atoms with Gasteiger partial charge in [0.2, 0.25) is 0 Å². The molecule has 0 amide bonds. The second kappa shape index (κ2) is 6.61. The van der Waals surface area contributed by atoms with Crippen molar-refractivity contribution in [2.24, 2.45) is 0 Å². The van der Waals surface area contributed by atoms with E-state index in [1.54, 1.807) is 0 Å². The molecule has 1 heteroatoms. The Hall–Kier alpha value is -1.08. The third-order valence-corrected chi connectivity index (χ3v) is 2.98. The third kappa shape index (κ3) is 5.18. The summed E-state index contributed by atoms with van der Waals surface area (Å²) in [7, 11) is 0. The zero-order valence-corrected chi connectivity index (χ0v) is 11.2. The molecule has 0 fully saturated rings. The van der Waals surface area contributed by atoms with Gasteiger partial charge in [-0.25, -0.2) is 0 Å². The van der Waals surface area contributed by atoms with Crippen molar-refractivity contribution in [3.8, 4) is 0 Å². The molecule has 0 aliphatic carbocycles. The van der Waals surface area contributed by atoms with Gasteiger partial charge in [0.05, 0.1) is 5.60 Å². The van der Waals surface area contributed by atoms with Crippen LogP contribution in [0.25, 0.3) is 6.08 Å². The van der Waals surface area contributed by atoms with Gasteiger partial charge in [-0.15, -0.1) is 0 Å². The van der Waals surface area contributed by atoms with E-state index < -0.39 is 5.60 Å². The molecular formula is C16H24O. The molecule has 1 aromatic rings. The van der Waals surface area contributed by atoms with Gasteiger partial charge < -0.3 is 5.11 Å². The minimum atomic E-state index is -0.719. The lowest BCUT2D eigenvalue weighted by Crippen LogP contribution is -2.21. The van der Waals surface area contributed by atoms with E-state index in [1.807, 2.05) is 32.0 Å². The van der Waals surface area contributed by atoms with E-state index in [0.717, 1.165) is 18.4 Å². The van der Waals surface area contributed by atoms with Crippen LogP contribution in [-0.4, -0.2) is 10.7 Å². The molecule has 94 valence electrons. The Labute approximate surface area is 105 Å². The quantitative estimate of drug-likeness (QED) is 0.720. The molecule has 0 spiro atoms. The largest absolute Gasteiger partial charge is 0.386 e. The lowest BCUT2D eigenvalue weighted by Gasteiger charge is -2.22. The number of hydrogen-bond donors (Lipinski definition) is 1. The van der Waals surface area contributed by atoms with Crippen molar-refractivity contribution >= 4 is 6.08 Å². The van der Waals surface area contributed by atoms with Crippen molar-refractivity contribution < 1.29 is 5.11 Å². The number of hydrogen-bond acceptors (Lipinski definition) is 1. The van der Waals surface area contributed by atoms with Crippen molar-refractivity contribution in [3.63, 3.8) is 0 Å². The molecule has 0 bridgehead atoms. The number of aliphatic hydroxyl groups is 1. The van der Waals surface area contributed by atoms with Crippen LogP contribution in [0.1, 0.15) is 52.0 Å². The fourth-order valence-electron chi connectivity index (χ4n) is 1.87. The smallest absolute Gasteiger partial charge is 0.0803 e. The number of rotatable bonds is 6. The predicted molar refractivity (Wildman–Crippen MR) is 74.9 cm³/mol. The molecule has 1 aromatic carbocycles. The number of unbranched alkanes of at least 4 members (excludes halogenated alkanes) is 2. The number of benzene rings is 1. The maximum absolute atomic E-state index is 10.2. The van der Waals surface area contributed by atoms with E-state index in [0.29, 0.717) is 0 Å². The van der Waals surface area contributed by atoms with Gasteiger partial charge in [0.1, 0.15) is 0 Å². The molecule has 0 atom stereocenters. The monoisotopic (exact) mass is 232 g/mol. The fourth-order valence-corrected chi connectivity index (χ4v) is 1.87. The van der Waals surface area contributed by atoms with Crippen LogP contribution < -0.4 is 0 Å². The molecule has 1 N–H and O–H groups in total. The van der Waals surface area contributed by atoms with Crippen LogP contribution in [0.3, 0.4) is 0 Å². The minimum absolute atomic E-state index is 0.719. The summed E-state index contributed by atoms with van der Waals surface area (Å²) in [4.78, 5) is 0. The summed E-state index contributed by atoms with van der Waals surface area (Å²) in [6, 6.07) is 10.2. The standard InChI is InChI=1S/C16H24O/c1-4-5-7-12-15(16(2,3)17)13-14-10-8-6-9-11-14/h6,8-11,13,17H,4-5,7,12H2,1-3H3/b15-13+. The van der Waals surface area contributed by atoms with E-state index in [-0.39, 0.29) is 0 Å². The van der Waals surface area contributed by atoms with E-state index in [2.05, 4.69) is 25.1 Å². The summed E-state index contributed by atoms with van der Waals surface area (Å²) in [6.45, 7) is 5.94. The van der Waals surface area contributed by atoms with E-state index in [9.17, 15) is 5.11 Å². The molecule has 0 aliphatic rings. The Kier molecular flexibility index (Phi) is 5.43. The van der Waals surface area contributed by atoms with Gasteiger partial charge in [-0.1, -0.05) is 56.2 Å². The molecule has 1 rings (SSSR count). The third-order valence-electron chi connectivity index (χ3n) is 2.98. The first-order chi connectivity index (χ1) is 8.04. The van der Waals surface area contributed by atoms with Crippen molar-refractivity contribution in [1.82, 2.24) is 0 Å². The average molecular weight is 232 g/mol. The highest BCUT2D eigenvalue weighted by molar-refractivity contribution is 5.54. The van der Waals surface area contributed by atoms with E-state index >= 15 is 0 Å². The summed E-state index contributed by atoms with van der Waals surface area (Å²) in [5.41, 5.74) is 1.57. The molecule has 0 unspecified atom stereocenters. The van der Waals surface area contributed by atoms with Crippen molar-refractivity contribution in [1.29, 1.82) is 0 Å². The Morgan fingerprint density at radius 3 is 2.35 bits per heavy atom. The van der Waals surface area contributed by atoms with Gasteiger partial charge >= 0.3 is 0 Å². The summed E-state index contributed by atoms with van der Waals surface area (Å²) in [6.07, 6.45) is 6.69. The van der Waals surface area contributed by atoms with Crippen LogP contribution >= 0.6 is 0 Å². The van der Waals surface area contributed by atoms with Crippen molar-refractivity contribution in [3.05, 3.63) is 41.5 Å². The van der Waals surface area contributed by atoms with Gasteiger partial charge in [-0.3, -0.25) is 0 Å². The zero-order valence-electron chi connectivity index (χ0n) is 11.2. The van der Waals surface area contributed by atoms with Crippen LogP contribution in [0.5, 0.6) is 0 Å². The average Bonchev–Trinajstić information content (AvgIpc) is 2.28. The Bertz CT molecular complexity index is 344. The van der Waals surface area contributed by atoms with Crippen molar-refractivity contribution in [2.45, 2.75) is 52.1 Å². The summed E-state index contributed by atoms with van der Waals surface area (Å²) < 4.78 is 0. The van der Waals surface area contributed by atoms with Gasteiger partial charge in [0.15, 0.2) is 0 Å². The molecule has 0 heterocycles. The molecule has 17 heavy (non-hydrogen) atoms. The minimum Gasteiger partial charge on any atom is -0.386 e. The molecule has 0 radical (unpaired) electrons. The molecule has 0 aliphatic heterocycles. The lowest BCUT2D eigenvalue weighted by molar-refractivity contribution is 0.116. The maximum Gasteiger partial charge on any atom is 0.0803 e. The fraction of sp³-hybridized carbons (Fsp3) is 0.500. The van der Waals surface area contributed by atoms with Gasteiger partial charge in [-0.05, 0) is 37.8 Å². The molecule has 0 saturated carbocycles. The van der Waals surface area contributed by atoms with Crippen LogP contribution in [-0.2, 0) is 0 Å². The van der Waals surface area contributed by atoms with Gasteiger partial charge in [0.25, 0.3) is 0 Å². The molecular weight excluding hydrogens is 208 g/mol. The second-order valence-corrected chi connectivity index (χ2v) is 5.10. The van der Waals surface area contributed by atoms with Crippen LogP contribution in [0.15, 0.2) is 35.9 Å². The van der Waals surface area contributed by atoms with Gasteiger partial charge in [-0.2, -0.15) is 0 Å². The second-order valence-electron chi connectivity index (χ2n) is 5.10. The van der Waals surface area contributed by atoms with E-state index in [1.165, 1.54) is 18.4 Å². The SMILES string of the molecule is CCCCC/C(=C\c1ccccc1)C(C)(C)O. The topological polar surface area (TPSA) is 20.2 Å². The van der Waals surface area contributed by atoms with Gasteiger partial charge in [0, 0.05) is 0 Å². The maximum atomic E-state index is 10.2.